The third-order valence-corrected chi connectivity index (χ3v) is 6.22. The first kappa shape index (κ1) is 25.1. The summed E-state index contributed by atoms with van der Waals surface area (Å²) in [5.41, 5.74) is 1.46. The van der Waals surface area contributed by atoms with Crippen molar-refractivity contribution < 1.29 is 32.9 Å². The molecule has 1 heterocycles. The Balaban J connectivity index is 1.42. The van der Waals surface area contributed by atoms with Crippen LogP contribution in [-0.2, 0) is 11.4 Å². The van der Waals surface area contributed by atoms with E-state index in [1.54, 1.807) is 55.7 Å². The number of methoxy groups -OCH3 is 2. The van der Waals surface area contributed by atoms with Crippen LogP contribution in [0.4, 0.5) is 9.18 Å². The quantitative estimate of drug-likeness (QED) is 0.332. The summed E-state index contributed by atoms with van der Waals surface area (Å²) in [5, 5.41) is -0.365. The monoisotopic (exact) mass is 509 g/mol. The molecule has 1 saturated heterocycles. The fraction of sp³-hybridized carbons (Fsp3) is 0.185. The Morgan fingerprint density at radius 2 is 1.56 bits per heavy atom. The van der Waals surface area contributed by atoms with E-state index in [-0.39, 0.29) is 30.8 Å². The highest BCUT2D eigenvalue weighted by molar-refractivity contribution is 8.18. The zero-order valence-electron chi connectivity index (χ0n) is 19.7. The van der Waals surface area contributed by atoms with Gasteiger partial charge < -0.3 is 18.9 Å². The summed E-state index contributed by atoms with van der Waals surface area (Å²) in [5.74, 6) is 1.37. The topological polar surface area (TPSA) is 74.3 Å². The Hall–Kier alpha value is -3.98. The summed E-state index contributed by atoms with van der Waals surface area (Å²) in [6.07, 6.45) is 1.64. The molecule has 186 valence electrons. The molecule has 0 unspecified atom stereocenters. The van der Waals surface area contributed by atoms with E-state index in [4.69, 9.17) is 18.9 Å². The maximum absolute atomic E-state index is 13.1. The molecule has 0 aliphatic carbocycles. The number of imide groups is 1. The van der Waals surface area contributed by atoms with E-state index < -0.39 is 5.91 Å². The second-order valence-electron chi connectivity index (χ2n) is 7.66. The highest BCUT2D eigenvalue weighted by Gasteiger charge is 2.34. The smallest absolute Gasteiger partial charge is 0.293 e. The summed E-state index contributed by atoms with van der Waals surface area (Å²) in [6, 6.07) is 18.4. The Morgan fingerprint density at radius 1 is 0.861 bits per heavy atom. The van der Waals surface area contributed by atoms with Gasteiger partial charge in [0.2, 0.25) is 0 Å². The lowest BCUT2D eigenvalue weighted by atomic mass is 10.1. The van der Waals surface area contributed by atoms with Crippen LogP contribution in [0.3, 0.4) is 0 Å². The molecule has 0 aromatic heterocycles. The average molecular weight is 510 g/mol. The van der Waals surface area contributed by atoms with Gasteiger partial charge in [0, 0.05) is 0 Å². The van der Waals surface area contributed by atoms with E-state index in [9.17, 15) is 14.0 Å². The molecular formula is C27H24FNO6S. The van der Waals surface area contributed by atoms with Gasteiger partial charge in [-0.25, -0.2) is 4.39 Å². The number of rotatable bonds is 10. The molecule has 4 rings (SSSR count). The number of ether oxygens (including phenoxy) is 4. The van der Waals surface area contributed by atoms with Crippen LogP contribution in [0, 0.1) is 5.82 Å². The van der Waals surface area contributed by atoms with Crippen LogP contribution < -0.4 is 18.9 Å². The van der Waals surface area contributed by atoms with Crippen molar-refractivity contribution >= 4 is 29.0 Å². The van der Waals surface area contributed by atoms with Crippen LogP contribution >= 0.6 is 11.8 Å². The van der Waals surface area contributed by atoms with Crippen LogP contribution in [0.15, 0.2) is 71.6 Å². The van der Waals surface area contributed by atoms with E-state index in [2.05, 4.69) is 0 Å². The Labute approximate surface area is 212 Å². The number of carbonyl (C=O) groups is 2. The van der Waals surface area contributed by atoms with Crippen LogP contribution in [0.25, 0.3) is 6.08 Å². The lowest BCUT2D eigenvalue weighted by Crippen LogP contribution is -2.32. The minimum absolute atomic E-state index is 0.106. The van der Waals surface area contributed by atoms with Crippen molar-refractivity contribution in [1.82, 2.24) is 4.90 Å². The molecule has 36 heavy (non-hydrogen) atoms. The number of para-hydroxylation sites is 2. The van der Waals surface area contributed by atoms with Gasteiger partial charge in [-0.15, -0.1) is 0 Å². The summed E-state index contributed by atoms with van der Waals surface area (Å²) >= 11 is 0.869. The molecule has 0 saturated carbocycles. The molecule has 1 aliphatic rings. The highest BCUT2D eigenvalue weighted by atomic mass is 32.2. The van der Waals surface area contributed by atoms with Gasteiger partial charge in [0.05, 0.1) is 25.7 Å². The van der Waals surface area contributed by atoms with E-state index in [0.29, 0.717) is 33.5 Å². The molecular weight excluding hydrogens is 485 g/mol. The SMILES string of the molecule is COc1ccccc1OCCN1C(=O)S/C(=C\c2ccc(OC)c(OCc3ccc(F)cc3)c2)C1=O. The largest absolute Gasteiger partial charge is 0.493 e. The van der Waals surface area contributed by atoms with Gasteiger partial charge in [0.15, 0.2) is 23.0 Å². The zero-order valence-corrected chi connectivity index (χ0v) is 20.5. The minimum Gasteiger partial charge on any atom is -0.493 e. The third kappa shape index (κ3) is 5.98. The van der Waals surface area contributed by atoms with Crippen LogP contribution in [0.5, 0.6) is 23.0 Å². The van der Waals surface area contributed by atoms with Crippen molar-refractivity contribution in [3.05, 3.63) is 88.6 Å². The lowest BCUT2D eigenvalue weighted by molar-refractivity contribution is -0.123. The van der Waals surface area contributed by atoms with Gasteiger partial charge in [-0.1, -0.05) is 30.3 Å². The molecule has 9 heteroatoms. The molecule has 3 aromatic carbocycles. The second kappa shape index (κ2) is 11.6. The zero-order chi connectivity index (χ0) is 25.5. The maximum Gasteiger partial charge on any atom is 0.293 e. The number of hydrogen-bond acceptors (Lipinski definition) is 7. The van der Waals surface area contributed by atoms with Crippen molar-refractivity contribution in [2.24, 2.45) is 0 Å². The molecule has 0 N–H and O–H groups in total. The van der Waals surface area contributed by atoms with Crippen molar-refractivity contribution in [3.63, 3.8) is 0 Å². The molecule has 3 aromatic rings. The van der Waals surface area contributed by atoms with Gasteiger partial charge >= 0.3 is 0 Å². The van der Waals surface area contributed by atoms with Gasteiger partial charge in [-0.05, 0) is 65.4 Å². The molecule has 7 nitrogen and oxygen atoms in total. The normalized spacial score (nSPS) is 14.3. The predicted molar refractivity (Wildman–Crippen MR) is 135 cm³/mol. The van der Waals surface area contributed by atoms with Crippen LogP contribution in [-0.4, -0.2) is 43.4 Å². The lowest BCUT2D eigenvalue weighted by Gasteiger charge is -2.14. The first-order chi connectivity index (χ1) is 17.5. The van der Waals surface area contributed by atoms with Gasteiger partial charge in [-0.3, -0.25) is 14.5 Å². The number of benzene rings is 3. The van der Waals surface area contributed by atoms with Gasteiger partial charge in [0.25, 0.3) is 11.1 Å². The first-order valence-electron chi connectivity index (χ1n) is 11.0. The number of carbonyl (C=O) groups excluding carboxylic acids is 2. The van der Waals surface area contributed by atoms with E-state index in [1.165, 1.54) is 19.2 Å². The predicted octanol–water partition coefficient (Wildman–Crippen LogP) is 5.54. The number of amides is 2. The molecule has 0 spiro atoms. The number of hydrogen-bond donors (Lipinski definition) is 0. The molecule has 0 radical (unpaired) electrons. The average Bonchev–Trinajstić information content (AvgIpc) is 3.16. The summed E-state index contributed by atoms with van der Waals surface area (Å²) in [4.78, 5) is 26.8. The van der Waals surface area contributed by atoms with Crippen molar-refractivity contribution in [1.29, 1.82) is 0 Å². The van der Waals surface area contributed by atoms with E-state index in [0.717, 1.165) is 22.2 Å². The van der Waals surface area contributed by atoms with Crippen molar-refractivity contribution in [2.75, 3.05) is 27.4 Å². The number of thioether (sulfide) groups is 1. The molecule has 2 amide bonds. The molecule has 1 fully saturated rings. The van der Waals surface area contributed by atoms with Crippen LogP contribution in [0.2, 0.25) is 0 Å². The highest BCUT2D eigenvalue weighted by Crippen LogP contribution is 2.35. The summed E-state index contributed by atoms with van der Waals surface area (Å²) in [6.45, 7) is 0.451. The second-order valence-corrected chi connectivity index (χ2v) is 8.65. The molecule has 0 bridgehead atoms. The van der Waals surface area contributed by atoms with E-state index in [1.807, 2.05) is 12.1 Å². The summed E-state index contributed by atoms with van der Waals surface area (Å²) in [7, 11) is 3.07. The molecule has 1 aliphatic heterocycles. The standard InChI is InChI=1S/C27H24FNO6S/c1-32-21-5-3-4-6-23(21)34-14-13-29-26(30)25(36-27(29)31)16-19-9-12-22(33-2)24(15-19)35-17-18-7-10-20(28)11-8-18/h3-12,15-16H,13-14,17H2,1-2H3/b25-16-. The molecule has 0 atom stereocenters. The Kier molecular flexibility index (Phi) is 8.12. The van der Waals surface area contributed by atoms with Gasteiger partial charge in [-0.2, -0.15) is 0 Å². The number of halogens is 1. The Bertz CT molecular complexity index is 1280. The van der Waals surface area contributed by atoms with E-state index >= 15 is 0 Å². The van der Waals surface area contributed by atoms with Crippen LogP contribution in [0.1, 0.15) is 11.1 Å². The summed E-state index contributed by atoms with van der Waals surface area (Å²) < 4.78 is 35.3. The fourth-order valence-electron chi connectivity index (χ4n) is 3.47. The van der Waals surface area contributed by atoms with Crippen molar-refractivity contribution in [2.45, 2.75) is 6.61 Å². The fourth-order valence-corrected chi connectivity index (χ4v) is 4.33. The first-order valence-corrected chi connectivity index (χ1v) is 11.9. The minimum atomic E-state index is -0.391. The maximum atomic E-state index is 13.1. The number of nitrogens with zero attached hydrogens (tertiary/aromatic N) is 1. The van der Waals surface area contributed by atoms with Gasteiger partial charge in [0.1, 0.15) is 19.0 Å². The van der Waals surface area contributed by atoms with Crippen molar-refractivity contribution in [3.8, 4) is 23.0 Å². The Morgan fingerprint density at radius 3 is 2.28 bits per heavy atom. The third-order valence-electron chi connectivity index (χ3n) is 5.31.